The van der Waals surface area contributed by atoms with Crippen molar-refractivity contribution in [2.24, 2.45) is 0 Å². The van der Waals surface area contributed by atoms with E-state index in [1.165, 1.54) is 25.4 Å². The fourth-order valence-corrected chi connectivity index (χ4v) is 5.00. The van der Waals surface area contributed by atoms with Gasteiger partial charge in [-0.15, -0.1) is 0 Å². The number of carbonyl (C=O) groups excluding carboxylic acids is 1. The molecule has 0 saturated carbocycles. The van der Waals surface area contributed by atoms with E-state index in [0.29, 0.717) is 55.0 Å². The van der Waals surface area contributed by atoms with Gasteiger partial charge in [-0.3, -0.25) is 9.78 Å². The van der Waals surface area contributed by atoms with Crippen molar-refractivity contribution in [3.63, 3.8) is 0 Å². The van der Waals surface area contributed by atoms with E-state index in [1.807, 2.05) is 11.0 Å². The van der Waals surface area contributed by atoms with E-state index in [-0.39, 0.29) is 23.6 Å². The number of nitrogens with zero attached hydrogens (tertiary/aromatic N) is 3. The van der Waals surface area contributed by atoms with Crippen molar-refractivity contribution < 1.29 is 27.1 Å². The fraction of sp³-hybridized carbons (Fsp3) is 0.345. The molecule has 1 aliphatic rings. The third kappa shape index (κ3) is 6.02. The molecule has 3 aromatic rings. The Balaban J connectivity index is 1.65. The van der Waals surface area contributed by atoms with Crippen molar-refractivity contribution in [2.45, 2.75) is 31.0 Å². The van der Waals surface area contributed by atoms with Crippen LogP contribution in [0.15, 0.2) is 54.7 Å². The van der Waals surface area contributed by atoms with Gasteiger partial charge < -0.3 is 20.3 Å². The maximum absolute atomic E-state index is 15.5. The SMILES string of the molecule is CNCCC(=O)NC1(c2cnc(-c3ccccc3OC)c(F)c2)CCN(c2ccc(C(F)(F)F)cc2C#N)CC1. The molecule has 0 aliphatic carbocycles. The lowest BCUT2D eigenvalue weighted by molar-refractivity contribution is -0.137. The minimum atomic E-state index is -4.56. The van der Waals surface area contributed by atoms with E-state index in [4.69, 9.17) is 4.74 Å². The third-order valence-electron chi connectivity index (χ3n) is 7.14. The van der Waals surface area contributed by atoms with Crippen LogP contribution in [0, 0.1) is 17.1 Å². The molecule has 0 bridgehead atoms. The zero-order valence-corrected chi connectivity index (χ0v) is 22.1. The van der Waals surface area contributed by atoms with Crippen molar-refractivity contribution in [3.05, 3.63) is 77.2 Å². The van der Waals surface area contributed by atoms with Gasteiger partial charge in [0.05, 0.1) is 29.5 Å². The van der Waals surface area contributed by atoms with Crippen LogP contribution in [0.1, 0.15) is 36.0 Å². The highest BCUT2D eigenvalue weighted by molar-refractivity contribution is 5.77. The first-order valence-electron chi connectivity index (χ1n) is 12.7. The van der Waals surface area contributed by atoms with E-state index in [1.54, 1.807) is 31.3 Å². The average molecular weight is 556 g/mol. The summed E-state index contributed by atoms with van der Waals surface area (Å²) in [6.07, 6.45) is -2.18. The highest BCUT2D eigenvalue weighted by atomic mass is 19.4. The number of nitriles is 1. The summed E-state index contributed by atoms with van der Waals surface area (Å²) in [6.45, 7) is 1.06. The van der Waals surface area contributed by atoms with Crippen LogP contribution in [0.3, 0.4) is 0 Å². The van der Waals surface area contributed by atoms with E-state index in [0.717, 1.165) is 12.1 Å². The molecule has 1 amide bonds. The van der Waals surface area contributed by atoms with Crippen molar-refractivity contribution in [1.29, 1.82) is 5.26 Å². The predicted molar refractivity (Wildman–Crippen MR) is 142 cm³/mol. The molecule has 0 spiro atoms. The second kappa shape index (κ2) is 11.9. The summed E-state index contributed by atoms with van der Waals surface area (Å²) < 4.78 is 60.4. The first-order valence-corrected chi connectivity index (χ1v) is 12.7. The fourth-order valence-electron chi connectivity index (χ4n) is 5.00. The number of amides is 1. The molecule has 0 unspecified atom stereocenters. The summed E-state index contributed by atoms with van der Waals surface area (Å²) in [5.74, 6) is -0.345. The molecule has 1 fully saturated rings. The Morgan fingerprint density at radius 3 is 2.52 bits per heavy atom. The van der Waals surface area contributed by atoms with Crippen LogP contribution in [0.25, 0.3) is 11.3 Å². The normalized spacial score (nSPS) is 14.9. The van der Waals surface area contributed by atoms with Gasteiger partial charge in [0.1, 0.15) is 23.3 Å². The van der Waals surface area contributed by atoms with Crippen LogP contribution < -0.4 is 20.3 Å². The van der Waals surface area contributed by atoms with Gasteiger partial charge in [-0.1, -0.05) is 12.1 Å². The number of piperidine rings is 1. The number of alkyl halides is 3. The summed E-state index contributed by atoms with van der Waals surface area (Å²) >= 11 is 0. The molecular weight excluding hydrogens is 526 g/mol. The van der Waals surface area contributed by atoms with Gasteiger partial charge >= 0.3 is 6.18 Å². The Hall–Kier alpha value is -4.17. The highest BCUT2D eigenvalue weighted by Crippen LogP contribution is 2.39. The molecule has 0 radical (unpaired) electrons. The van der Waals surface area contributed by atoms with Crippen LogP contribution in [-0.2, 0) is 16.5 Å². The number of carbonyl (C=O) groups is 1. The monoisotopic (exact) mass is 555 g/mol. The Morgan fingerprint density at radius 2 is 1.90 bits per heavy atom. The molecule has 210 valence electrons. The van der Waals surface area contributed by atoms with Crippen molar-refractivity contribution in [2.75, 3.05) is 38.7 Å². The molecule has 4 rings (SSSR count). The molecule has 7 nitrogen and oxygen atoms in total. The van der Waals surface area contributed by atoms with Crippen LogP contribution >= 0.6 is 0 Å². The second-order valence-corrected chi connectivity index (χ2v) is 9.57. The number of pyridine rings is 1. The topological polar surface area (TPSA) is 90.3 Å². The van der Waals surface area contributed by atoms with E-state index >= 15 is 4.39 Å². The molecular formula is C29H29F4N5O2. The van der Waals surface area contributed by atoms with Gasteiger partial charge in [-0.2, -0.15) is 18.4 Å². The molecule has 2 aromatic carbocycles. The number of rotatable bonds is 8. The molecule has 40 heavy (non-hydrogen) atoms. The summed E-state index contributed by atoms with van der Waals surface area (Å²) in [5, 5.41) is 15.5. The van der Waals surface area contributed by atoms with E-state index < -0.39 is 23.1 Å². The number of anilines is 1. The summed E-state index contributed by atoms with van der Waals surface area (Å²) in [7, 11) is 3.22. The Morgan fingerprint density at radius 1 is 1.18 bits per heavy atom. The lowest BCUT2D eigenvalue weighted by Gasteiger charge is -2.43. The van der Waals surface area contributed by atoms with E-state index in [9.17, 15) is 23.2 Å². The van der Waals surface area contributed by atoms with Crippen molar-refractivity contribution in [1.82, 2.24) is 15.6 Å². The zero-order valence-electron chi connectivity index (χ0n) is 22.1. The summed E-state index contributed by atoms with van der Waals surface area (Å²) in [4.78, 5) is 19.1. The number of hydrogen-bond acceptors (Lipinski definition) is 6. The number of aromatic nitrogens is 1. The lowest BCUT2D eigenvalue weighted by Crippen LogP contribution is -2.53. The quantitative estimate of drug-likeness (QED) is 0.380. The van der Waals surface area contributed by atoms with Crippen LogP contribution in [0.2, 0.25) is 0 Å². The molecule has 1 aliphatic heterocycles. The van der Waals surface area contributed by atoms with Gasteiger partial charge in [-0.25, -0.2) is 4.39 Å². The molecule has 11 heteroatoms. The third-order valence-corrected chi connectivity index (χ3v) is 7.14. The number of benzene rings is 2. The Bertz CT molecular complexity index is 1410. The van der Waals surface area contributed by atoms with Gasteiger partial charge in [0, 0.05) is 37.8 Å². The average Bonchev–Trinajstić information content (AvgIpc) is 2.95. The van der Waals surface area contributed by atoms with Crippen LogP contribution in [-0.4, -0.2) is 44.7 Å². The number of para-hydroxylation sites is 1. The lowest BCUT2D eigenvalue weighted by atomic mass is 9.80. The maximum Gasteiger partial charge on any atom is 0.416 e. The number of ether oxygens (including phenoxy) is 1. The smallest absolute Gasteiger partial charge is 0.416 e. The zero-order chi connectivity index (χ0) is 28.9. The van der Waals surface area contributed by atoms with Crippen molar-refractivity contribution >= 4 is 11.6 Å². The molecule has 0 atom stereocenters. The van der Waals surface area contributed by atoms with Gasteiger partial charge in [0.15, 0.2) is 0 Å². The van der Waals surface area contributed by atoms with Crippen LogP contribution in [0.5, 0.6) is 5.75 Å². The number of hydrogen-bond donors (Lipinski definition) is 2. The Labute approximate surface area is 229 Å². The maximum atomic E-state index is 15.5. The highest BCUT2D eigenvalue weighted by Gasteiger charge is 2.39. The molecule has 2 heterocycles. The standard InChI is InChI=1S/C29H29F4N5O2/c1-35-12-9-26(39)37-28(21-16-23(30)27(36-18-21)22-5-3-4-6-25(22)40-2)10-13-38(14-11-28)24-8-7-20(29(31,32)33)15-19(24)17-34/h3-8,15-16,18,35H,9-14H2,1-2H3,(H,37,39). The van der Waals surface area contributed by atoms with Gasteiger partial charge in [-0.05, 0) is 61.9 Å². The number of halogens is 4. The summed E-state index contributed by atoms with van der Waals surface area (Å²) in [5.41, 5.74) is -0.494. The van der Waals surface area contributed by atoms with Crippen molar-refractivity contribution in [3.8, 4) is 23.1 Å². The predicted octanol–water partition coefficient (Wildman–Crippen LogP) is 5.01. The first kappa shape index (κ1) is 28.8. The first-order chi connectivity index (χ1) is 19.1. The summed E-state index contributed by atoms with van der Waals surface area (Å²) in [6, 6.07) is 13.2. The van der Waals surface area contributed by atoms with Gasteiger partial charge in [0.2, 0.25) is 5.91 Å². The minimum Gasteiger partial charge on any atom is -0.496 e. The minimum absolute atomic E-state index is 0.0887. The molecule has 2 N–H and O–H groups in total. The molecule has 1 saturated heterocycles. The van der Waals surface area contributed by atoms with Crippen LogP contribution in [0.4, 0.5) is 23.2 Å². The van der Waals surface area contributed by atoms with E-state index in [2.05, 4.69) is 15.6 Å². The van der Waals surface area contributed by atoms with Gasteiger partial charge in [0.25, 0.3) is 0 Å². The number of nitrogens with one attached hydrogen (secondary N) is 2. The molecule has 1 aromatic heterocycles. The Kier molecular flexibility index (Phi) is 8.59. The largest absolute Gasteiger partial charge is 0.496 e. The second-order valence-electron chi connectivity index (χ2n) is 9.57. The number of methoxy groups -OCH3 is 1.